The molecule has 0 fully saturated rings. The number of aromatic carboxylic acids is 1. The van der Waals surface area contributed by atoms with Crippen molar-refractivity contribution in [3.8, 4) is 0 Å². The van der Waals surface area contributed by atoms with Crippen molar-refractivity contribution in [2.45, 2.75) is 12.7 Å². The third kappa shape index (κ3) is 4.73. The lowest BCUT2D eigenvalue weighted by atomic mass is 10.1. The molecule has 0 aliphatic rings. The van der Waals surface area contributed by atoms with Crippen LogP contribution in [0, 0.1) is 0 Å². The van der Waals surface area contributed by atoms with Crippen molar-refractivity contribution in [1.82, 2.24) is 5.32 Å². The second-order valence-electron chi connectivity index (χ2n) is 4.88. The molecular formula is C16H13F3N2O3. The summed E-state index contributed by atoms with van der Waals surface area (Å²) < 4.78 is 37.3. The van der Waals surface area contributed by atoms with Gasteiger partial charge in [0.2, 0.25) is 0 Å². The Hall–Kier alpha value is -3.03. The fourth-order valence-electron chi connectivity index (χ4n) is 1.87. The second kappa shape index (κ2) is 7.03. The summed E-state index contributed by atoms with van der Waals surface area (Å²) in [6.07, 6.45) is -4.43. The van der Waals surface area contributed by atoms with Crippen LogP contribution in [0.4, 0.5) is 23.7 Å². The Labute approximate surface area is 135 Å². The highest BCUT2D eigenvalue weighted by Crippen LogP contribution is 2.29. The van der Waals surface area contributed by atoms with E-state index in [0.717, 1.165) is 24.3 Å². The molecule has 0 heterocycles. The lowest BCUT2D eigenvalue weighted by molar-refractivity contribution is -0.137. The number of benzene rings is 2. The van der Waals surface area contributed by atoms with E-state index in [1.165, 1.54) is 12.1 Å². The molecule has 2 amide bonds. The first kappa shape index (κ1) is 17.3. The van der Waals surface area contributed by atoms with Crippen LogP contribution in [0.25, 0.3) is 0 Å². The van der Waals surface area contributed by atoms with Gasteiger partial charge in [-0.3, -0.25) is 0 Å². The van der Waals surface area contributed by atoms with Gasteiger partial charge >= 0.3 is 18.2 Å². The molecule has 0 atom stereocenters. The van der Waals surface area contributed by atoms with E-state index in [4.69, 9.17) is 5.11 Å². The number of hydrogen-bond acceptors (Lipinski definition) is 2. The van der Waals surface area contributed by atoms with Gasteiger partial charge in [-0.05, 0) is 42.0 Å². The summed E-state index contributed by atoms with van der Waals surface area (Å²) in [4.78, 5) is 22.4. The minimum Gasteiger partial charge on any atom is -0.478 e. The van der Waals surface area contributed by atoms with Gasteiger partial charge in [0.05, 0.1) is 11.1 Å². The largest absolute Gasteiger partial charge is 0.478 e. The van der Waals surface area contributed by atoms with E-state index in [-0.39, 0.29) is 17.8 Å². The first-order valence-electron chi connectivity index (χ1n) is 6.80. The maximum absolute atomic E-state index is 12.4. The third-order valence-corrected chi connectivity index (χ3v) is 3.12. The minimum absolute atomic E-state index is 0.132. The molecule has 0 spiro atoms. The lowest BCUT2D eigenvalue weighted by Crippen LogP contribution is -2.28. The molecular weight excluding hydrogens is 325 g/mol. The second-order valence-corrected chi connectivity index (χ2v) is 4.88. The van der Waals surface area contributed by atoms with Crippen LogP contribution in [0.1, 0.15) is 21.5 Å². The third-order valence-electron chi connectivity index (χ3n) is 3.12. The van der Waals surface area contributed by atoms with Crippen molar-refractivity contribution in [3.05, 3.63) is 65.2 Å². The summed E-state index contributed by atoms with van der Waals surface area (Å²) in [7, 11) is 0. The first-order valence-corrected chi connectivity index (χ1v) is 6.80. The molecule has 0 radical (unpaired) electrons. The first-order chi connectivity index (χ1) is 11.3. The number of carboxylic acid groups (broad SMARTS) is 1. The molecule has 0 aliphatic carbocycles. The fourth-order valence-corrected chi connectivity index (χ4v) is 1.87. The quantitative estimate of drug-likeness (QED) is 0.795. The van der Waals surface area contributed by atoms with E-state index in [1.54, 1.807) is 12.1 Å². The Bertz CT molecular complexity index is 726. The van der Waals surface area contributed by atoms with Crippen LogP contribution in [0.5, 0.6) is 0 Å². The van der Waals surface area contributed by atoms with Gasteiger partial charge in [-0.25, -0.2) is 9.59 Å². The Morgan fingerprint density at radius 2 is 1.54 bits per heavy atom. The van der Waals surface area contributed by atoms with Crippen molar-refractivity contribution < 1.29 is 27.9 Å². The van der Waals surface area contributed by atoms with E-state index < -0.39 is 23.7 Å². The standard InChI is InChI=1S/C16H13F3N2O3/c17-16(18,19)12-5-7-13(8-6-12)21-15(24)20-9-10-1-3-11(4-2-10)14(22)23/h1-8H,9H2,(H,22,23)(H2,20,21,24). The fraction of sp³-hybridized carbons (Fsp3) is 0.125. The number of nitrogens with one attached hydrogen (secondary N) is 2. The van der Waals surface area contributed by atoms with E-state index in [2.05, 4.69) is 10.6 Å². The van der Waals surface area contributed by atoms with Gasteiger partial charge in [0, 0.05) is 12.2 Å². The number of alkyl halides is 3. The Morgan fingerprint density at radius 1 is 0.958 bits per heavy atom. The number of carboxylic acids is 1. The summed E-state index contributed by atoms with van der Waals surface area (Å²) in [5.74, 6) is -1.05. The number of hydrogen-bond donors (Lipinski definition) is 3. The van der Waals surface area contributed by atoms with Crippen molar-refractivity contribution in [2.75, 3.05) is 5.32 Å². The molecule has 0 aromatic heterocycles. The molecule has 2 rings (SSSR count). The lowest BCUT2D eigenvalue weighted by Gasteiger charge is -2.10. The molecule has 24 heavy (non-hydrogen) atoms. The van der Waals surface area contributed by atoms with E-state index >= 15 is 0 Å². The average Bonchev–Trinajstić information content (AvgIpc) is 2.53. The van der Waals surface area contributed by atoms with Crippen LogP contribution in [0.15, 0.2) is 48.5 Å². The molecule has 126 valence electrons. The molecule has 2 aromatic carbocycles. The number of carbonyl (C=O) groups is 2. The van der Waals surface area contributed by atoms with E-state index in [9.17, 15) is 22.8 Å². The molecule has 5 nitrogen and oxygen atoms in total. The predicted molar refractivity (Wildman–Crippen MR) is 80.7 cm³/mol. The molecule has 0 saturated carbocycles. The monoisotopic (exact) mass is 338 g/mol. The molecule has 8 heteroatoms. The zero-order valence-electron chi connectivity index (χ0n) is 12.2. The summed E-state index contributed by atoms with van der Waals surface area (Å²) in [6, 6.07) is 9.41. The Balaban J connectivity index is 1.88. The van der Waals surface area contributed by atoms with Crippen molar-refractivity contribution in [1.29, 1.82) is 0 Å². The van der Waals surface area contributed by atoms with Crippen LogP contribution < -0.4 is 10.6 Å². The molecule has 0 bridgehead atoms. The van der Waals surface area contributed by atoms with Gasteiger partial charge in [0.15, 0.2) is 0 Å². The van der Waals surface area contributed by atoms with Crippen molar-refractivity contribution in [3.63, 3.8) is 0 Å². The highest BCUT2D eigenvalue weighted by molar-refractivity contribution is 5.89. The van der Waals surface area contributed by atoms with Gasteiger partial charge in [0.25, 0.3) is 0 Å². The number of rotatable bonds is 4. The van der Waals surface area contributed by atoms with Gasteiger partial charge < -0.3 is 15.7 Å². The zero-order chi connectivity index (χ0) is 17.7. The number of anilines is 1. The molecule has 0 aliphatic heterocycles. The van der Waals surface area contributed by atoms with Crippen molar-refractivity contribution in [2.24, 2.45) is 0 Å². The maximum atomic E-state index is 12.4. The normalized spacial score (nSPS) is 11.0. The van der Waals surface area contributed by atoms with Gasteiger partial charge in [0.1, 0.15) is 0 Å². The average molecular weight is 338 g/mol. The van der Waals surface area contributed by atoms with Crippen molar-refractivity contribution >= 4 is 17.7 Å². The van der Waals surface area contributed by atoms with Crippen LogP contribution in [0.3, 0.4) is 0 Å². The van der Waals surface area contributed by atoms with Crippen LogP contribution in [-0.4, -0.2) is 17.1 Å². The van der Waals surface area contributed by atoms with Crippen LogP contribution >= 0.6 is 0 Å². The number of urea groups is 1. The molecule has 0 unspecified atom stereocenters. The summed E-state index contributed by atoms with van der Waals surface area (Å²) in [5, 5.41) is 13.7. The Morgan fingerprint density at radius 3 is 2.04 bits per heavy atom. The van der Waals surface area contributed by atoms with Gasteiger partial charge in [-0.15, -0.1) is 0 Å². The summed E-state index contributed by atoms with van der Waals surface area (Å²) in [5.41, 5.74) is 0.240. The zero-order valence-corrected chi connectivity index (χ0v) is 12.2. The Kier molecular flexibility index (Phi) is 5.08. The predicted octanol–water partition coefficient (Wildman–Crippen LogP) is 3.73. The maximum Gasteiger partial charge on any atom is 0.416 e. The SMILES string of the molecule is O=C(NCc1ccc(C(=O)O)cc1)Nc1ccc(C(F)(F)F)cc1. The van der Waals surface area contributed by atoms with E-state index in [1.807, 2.05) is 0 Å². The highest BCUT2D eigenvalue weighted by Gasteiger charge is 2.29. The number of carbonyl (C=O) groups excluding carboxylic acids is 1. The topological polar surface area (TPSA) is 78.4 Å². The summed E-state index contributed by atoms with van der Waals surface area (Å²) in [6.45, 7) is 0.145. The number of halogens is 3. The smallest absolute Gasteiger partial charge is 0.416 e. The summed E-state index contributed by atoms with van der Waals surface area (Å²) >= 11 is 0. The molecule has 0 saturated heterocycles. The van der Waals surface area contributed by atoms with Gasteiger partial charge in [-0.1, -0.05) is 12.1 Å². The van der Waals surface area contributed by atoms with Crippen LogP contribution in [0.2, 0.25) is 0 Å². The molecule has 2 aromatic rings. The highest BCUT2D eigenvalue weighted by atomic mass is 19.4. The minimum atomic E-state index is -4.43. The van der Waals surface area contributed by atoms with E-state index in [0.29, 0.717) is 5.56 Å². The van der Waals surface area contributed by atoms with Crippen LogP contribution in [-0.2, 0) is 12.7 Å². The molecule has 3 N–H and O–H groups in total. The van der Waals surface area contributed by atoms with Gasteiger partial charge in [-0.2, -0.15) is 13.2 Å². The number of amides is 2.